The molecule has 0 heterocycles. The average molecular weight is 273 g/mol. The zero-order valence-electron chi connectivity index (χ0n) is 11.1. The molecule has 0 aromatic heterocycles. The van der Waals surface area contributed by atoms with E-state index < -0.39 is 10.0 Å². The van der Waals surface area contributed by atoms with Crippen LogP contribution in [0.3, 0.4) is 0 Å². The van der Waals surface area contributed by atoms with E-state index >= 15 is 0 Å². The number of hydrogen-bond acceptors (Lipinski definition) is 4. The minimum absolute atomic E-state index is 0.211. The molecule has 6 heteroatoms. The van der Waals surface area contributed by atoms with E-state index in [1.54, 1.807) is 18.2 Å². The Balaban J connectivity index is 3.23. The van der Waals surface area contributed by atoms with Crippen molar-refractivity contribution in [3.63, 3.8) is 0 Å². The summed E-state index contributed by atoms with van der Waals surface area (Å²) in [6, 6.07) is 6.86. The van der Waals surface area contributed by atoms with E-state index in [0.29, 0.717) is 17.0 Å². The molecule has 0 bridgehead atoms. The normalized spacial score (nSPS) is 12.3. The van der Waals surface area contributed by atoms with Gasteiger partial charge in [-0.3, -0.25) is 9.68 Å². The fourth-order valence-electron chi connectivity index (χ4n) is 1.72. The highest BCUT2D eigenvalue weighted by atomic mass is 32.2. The molecule has 0 saturated heterocycles. The van der Waals surface area contributed by atoms with Crippen LogP contribution < -0.4 is 0 Å². The quantitative estimate of drug-likeness (QED) is 0.744. The van der Waals surface area contributed by atoms with Crippen molar-refractivity contribution >= 4 is 10.0 Å². The maximum Gasteiger partial charge on any atom is 0.289 e. The Bertz CT molecular complexity index is 481. The first-order valence-corrected chi connectivity index (χ1v) is 7.09. The number of nitrogens with zero attached hydrogens (tertiary/aromatic N) is 1. The molecule has 0 aliphatic heterocycles. The molecule has 5 nitrogen and oxygen atoms in total. The maximum absolute atomic E-state index is 12.3. The summed E-state index contributed by atoms with van der Waals surface area (Å²) in [7, 11) is -1.30. The first-order chi connectivity index (χ1) is 8.43. The number of rotatable bonds is 6. The molecule has 0 N–H and O–H groups in total. The molecule has 0 amide bonds. The maximum atomic E-state index is 12.3. The van der Waals surface area contributed by atoms with Crippen LogP contribution in [0.4, 0.5) is 0 Å². The first-order valence-electron chi connectivity index (χ1n) is 5.65. The van der Waals surface area contributed by atoms with Crippen LogP contribution in [0.15, 0.2) is 29.2 Å². The van der Waals surface area contributed by atoms with Gasteiger partial charge in [-0.15, -0.1) is 0 Å². The van der Waals surface area contributed by atoms with E-state index in [9.17, 15) is 8.42 Å². The molecule has 1 aromatic carbocycles. The lowest BCUT2D eigenvalue weighted by molar-refractivity contribution is -0.270. The molecular formula is C12H19NO4S. The monoisotopic (exact) mass is 273 g/mol. The van der Waals surface area contributed by atoms with Gasteiger partial charge in [0.1, 0.15) is 0 Å². The van der Waals surface area contributed by atoms with Gasteiger partial charge >= 0.3 is 0 Å². The molecule has 0 unspecified atom stereocenters. The smallest absolute Gasteiger partial charge is 0.264 e. The number of benzene rings is 1. The summed E-state index contributed by atoms with van der Waals surface area (Å²) in [5.74, 6) is 0.361. The molecular weight excluding hydrogens is 254 g/mol. The third-order valence-corrected chi connectivity index (χ3v) is 4.02. The van der Waals surface area contributed by atoms with Crippen molar-refractivity contribution < 1.29 is 18.1 Å². The summed E-state index contributed by atoms with van der Waals surface area (Å²) in [6.45, 7) is 4.07. The summed E-state index contributed by atoms with van der Waals surface area (Å²) >= 11 is 0. The minimum atomic E-state index is -3.79. The summed E-state index contributed by atoms with van der Waals surface area (Å²) in [4.78, 5) is 9.61. The fourth-order valence-corrected chi connectivity index (χ4v) is 3.00. The van der Waals surface area contributed by atoms with Crippen molar-refractivity contribution in [3.8, 4) is 0 Å². The Hall–Kier alpha value is -0.950. The molecule has 0 saturated carbocycles. The highest BCUT2D eigenvalue weighted by Crippen LogP contribution is 2.22. The van der Waals surface area contributed by atoms with Crippen LogP contribution in [0.1, 0.15) is 19.4 Å². The predicted octanol–water partition coefficient (Wildman–Crippen LogP) is 2.00. The second-order valence-electron chi connectivity index (χ2n) is 4.27. The van der Waals surface area contributed by atoms with Gasteiger partial charge in [0.25, 0.3) is 10.0 Å². The first kappa shape index (κ1) is 15.1. The van der Waals surface area contributed by atoms with Crippen LogP contribution in [-0.2, 0) is 26.1 Å². The zero-order valence-corrected chi connectivity index (χ0v) is 11.9. The van der Waals surface area contributed by atoms with E-state index in [2.05, 4.69) is 0 Å². The van der Waals surface area contributed by atoms with Crippen molar-refractivity contribution in [2.45, 2.75) is 25.2 Å². The second-order valence-corrected chi connectivity index (χ2v) is 5.96. The molecule has 0 aliphatic rings. The number of hydrogen-bond donors (Lipinski definition) is 0. The van der Waals surface area contributed by atoms with E-state index in [1.165, 1.54) is 14.2 Å². The summed E-state index contributed by atoms with van der Waals surface area (Å²) in [6.07, 6.45) is 0.677. The lowest BCUT2D eigenvalue weighted by Crippen LogP contribution is -2.29. The third-order valence-electron chi connectivity index (χ3n) is 2.37. The predicted molar refractivity (Wildman–Crippen MR) is 68.0 cm³/mol. The van der Waals surface area contributed by atoms with Crippen LogP contribution in [0.25, 0.3) is 0 Å². The summed E-state index contributed by atoms with van der Waals surface area (Å²) < 4.78 is 25.1. The topological polar surface area (TPSA) is 55.8 Å². The molecule has 1 aromatic rings. The summed E-state index contributed by atoms with van der Waals surface area (Å²) in [5.41, 5.74) is 0.756. The van der Waals surface area contributed by atoms with E-state index in [4.69, 9.17) is 9.68 Å². The number of sulfonamides is 1. The Morgan fingerprint density at radius 3 is 2.22 bits per heavy atom. The second kappa shape index (κ2) is 6.29. The van der Waals surface area contributed by atoms with Crippen molar-refractivity contribution in [1.82, 2.24) is 4.63 Å². The van der Waals surface area contributed by atoms with Crippen molar-refractivity contribution in [2.75, 3.05) is 14.2 Å². The van der Waals surface area contributed by atoms with Gasteiger partial charge < -0.3 is 0 Å². The Morgan fingerprint density at radius 1 is 1.17 bits per heavy atom. The van der Waals surface area contributed by atoms with Gasteiger partial charge in [-0.25, -0.2) is 8.42 Å². The van der Waals surface area contributed by atoms with Gasteiger partial charge in [0.05, 0.1) is 23.7 Å². The standard InChI is InChI=1S/C12H19NO4S/c1-10(2)9-11-7-5-6-8-12(11)18(14,15)13(16-3)17-4/h5-8,10H,9H2,1-4H3. The highest BCUT2D eigenvalue weighted by molar-refractivity contribution is 7.88. The highest BCUT2D eigenvalue weighted by Gasteiger charge is 2.27. The Labute approximate surface area is 108 Å². The molecule has 0 aliphatic carbocycles. The van der Waals surface area contributed by atoms with Crippen LogP contribution in [-0.4, -0.2) is 27.3 Å². The SMILES string of the molecule is CON(OC)S(=O)(=O)c1ccccc1CC(C)C. The molecule has 102 valence electrons. The lowest BCUT2D eigenvalue weighted by Gasteiger charge is -2.18. The Morgan fingerprint density at radius 2 is 1.72 bits per heavy atom. The van der Waals surface area contributed by atoms with Gasteiger partial charge in [0.2, 0.25) is 0 Å². The van der Waals surface area contributed by atoms with Gasteiger partial charge in [0, 0.05) is 0 Å². The van der Waals surface area contributed by atoms with E-state index in [1.807, 2.05) is 19.9 Å². The van der Waals surface area contributed by atoms with Crippen molar-refractivity contribution in [2.24, 2.45) is 5.92 Å². The fraction of sp³-hybridized carbons (Fsp3) is 0.500. The van der Waals surface area contributed by atoms with Gasteiger partial charge in [-0.2, -0.15) is 0 Å². The van der Waals surface area contributed by atoms with Crippen LogP contribution in [0, 0.1) is 5.92 Å². The van der Waals surface area contributed by atoms with E-state index in [-0.39, 0.29) is 4.90 Å². The summed E-state index contributed by atoms with van der Waals surface area (Å²) in [5, 5.41) is 0. The van der Waals surface area contributed by atoms with E-state index in [0.717, 1.165) is 5.56 Å². The molecule has 0 spiro atoms. The van der Waals surface area contributed by atoms with Gasteiger partial charge in [-0.1, -0.05) is 32.0 Å². The molecule has 1 rings (SSSR count). The van der Waals surface area contributed by atoms with Gasteiger partial charge in [-0.05, 0) is 24.0 Å². The minimum Gasteiger partial charge on any atom is -0.264 e. The molecule has 0 atom stereocenters. The Kier molecular flexibility index (Phi) is 5.28. The largest absolute Gasteiger partial charge is 0.289 e. The lowest BCUT2D eigenvalue weighted by atomic mass is 10.0. The average Bonchev–Trinajstić information content (AvgIpc) is 2.30. The molecule has 0 radical (unpaired) electrons. The van der Waals surface area contributed by atoms with Crippen LogP contribution in [0.2, 0.25) is 0 Å². The van der Waals surface area contributed by atoms with Crippen LogP contribution in [0.5, 0.6) is 0 Å². The zero-order chi connectivity index (χ0) is 13.8. The third kappa shape index (κ3) is 3.29. The molecule has 18 heavy (non-hydrogen) atoms. The van der Waals surface area contributed by atoms with Crippen molar-refractivity contribution in [1.29, 1.82) is 0 Å². The molecule has 0 fully saturated rings. The van der Waals surface area contributed by atoms with Gasteiger partial charge in [0.15, 0.2) is 0 Å². The van der Waals surface area contributed by atoms with Crippen LogP contribution >= 0.6 is 0 Å². The van der Waals surface area contributed by atoms with Crippen molar-refractivity contribution in [3.05, 3.63) is 29.8 Å².